The summed E-state index contributed by atoms with van der Waals surface area (Å²) in [5.74, 6) is -2.76. The van der Waals surface area contributed by atoms with Crippen molar-refractivity contribution in [2.45, 2.75) is 5.92 Å². The van der Waals surface area contributed by atoms with Gasteiger partial charge in [-0.3, -0.25) is 0 Å². The summed E-state index contributed by atoms with van der Waals surface area (Å²) < 4.78 is 5.99. The van der Waals surface area contributed by atoms with Gasteiger partial charge in [-0.05, 0) is 0 Å². The molecule has 3 aromatic rings. The van der Waals surface area contributed by atoms with Crippen LogP contribution >= 0.6 is 0 Å². The summed E-state index contributed by atoms with van der Waals surface area (Å²) in [6, 6.07) is 18.6. The zero-order valence-corrected chi connectivity index (χ0v) is 16.5. The van der Waals surface area contributed by atoms with E-state index in [1.54, 1.807) is 0 Å². The molecule has 0 atom stereocenters. The van der Waals surface area contributed by atoms with Crippen molar-refractivity contribution in [1.29, 1.82) is 0 Å². The third-order valence-corrected chi connectivity index (χ3v) is 5.43. The number of hydrogen-bond acceptors (Lipinski definition) is 4. The summed E-state index contributed by atoms with van der Waals surface area (Å²) >= 11 is 2.16. The van der Waals surface area contributed by atoms with Crippen LogP contribution in [0.3, 0.4) is 0 Å². The van der Waals surface area contributed by atoms with E-state index in [0.29, 0.717) is 4.35 Å². The Morgan fingerprint density at radius 3 is 2.04 bits per heavy atom. The van der Waals surface area contributed by atoms with E-state index in [-0.39, 0.29) is 23.7 Å². The Hall–Kier alpha value is -3.04. The molecule has 3 aromatic carbocycles. The van der Waals surface area contributed by atoms with Crippen LogP contribution in [0.4, 0.5) is 0 Å². The van der Waals surface area contributed by atoms with E-state index in [1.165, 1.54) is 12.1 Å². The van der Waals surface area contributed by atoms with Crippen molar-refractivity contribution < 1.29 is 24.5 Å². The third kappa shape index (κ3) is 3.08. The Morgan fingerprint density at radius 1 is 0.929 bits per heavy atom. The number of fused-ring (bicyclic) bond motifs is 3. The van der Waals surface area contributed by atoms with Gasteiger partial charge in [-0.1, -0.05) is 0 Å². The summed E-state index contributed by atoms with van der Waals surface area (Å²) in [6.45, 7) is 0.0947. The monoisotopic (exact) mass is 434 g/mol. The number of carboxylic acids is 1. The summed E-state index contributed by atoms with van der Waals surface area (Å²) in [5.41, 5.74) is 3.89. The van der Waals surface area contributed by atoms with Gasteiger partial charge in [-0.2, -0.15) is 0 Å². The number of carboxylic acid groups (broad SMARTS) is 1. The van der Waals surface area contributed by atoms with E-state index >= 15 is 0 Å². The fourth-order valence-electron chi connectivity index (χ4n) is 3.61. The summed E-state index contributed by atoms with van der Waals surface area (Å²) in [4.78, 5) is 23.9. The van der Waals surface area contributed by atoms with Crippen LogP contribution in [-0.4, -0.2) is 45.6 Å². The minimum atomic E-state index is -1.31. The molecule has 0 aromatic heterocycles. The van der Waals surface area contributed by atoms with Crippen LogP contribution in [0.15, 0.2) is 60.7 Å². The van der Waals surface area contributed by atoms with E-state index in [0.717, 1.165) is 22.3 Å². The van der Waals surface area contributed by atoms with Crippen molar-refractivity contribution in [3.63, 3.8) is 0 Å². The molecule has 138 valence electrons. The van der Waals surface area contributed by atoms with E-state index in [2.05, 4.69) is 16.9 Å². The van der Waals surface area contributed by atoms with Crippen molar-refractivity contribution in [3.05, 3.63) is 82.9 Å². The standard InChI is InChI=1S/C22H15AsO5/c23-12-9-17(21(25)26)20(24)18(10-12)22(27)28-11-19-15-7-3-1-5-13(15)14-6-2-4-8-16(14)19/h1-10,19,24H,11H2,(H,25,26). The van der Waals surface area contributed by atoms with E-state index in [4.69, 9.17) is 4.74 Å². The second-order valence-corrected chi connectivity index (χ2v) is 7.60. The predicted molar refractivity (Wildman–Crippen MR) is 104 cm³/mol. The number of carbonyl (C=O) groups is 2. The molecule has 0 unspecified atom stereocenters. The molecule has 2 radical (unpaired) electrons. The number of ether oxygens (including phenoxy) is 1. The molecule has 2 N–H and O–H groups in total. The predicted octanol–water partition coefficient (Wildman–Crippen LogP) is 2.85. The van der Waals surface area contributed by atoms with Crippen molar-refractivity contribution in [1.82, 2.24) is 0 Å². The second kappa shape index (κ2) is 7.17. The fraction of sp³-hybridized carbons (Fsp3) is 0.0909. The number of aromatic carboxylic acids is 1. The van der Waals surface area contributed by atoms with Gasteiger partial charge in [0.2, 0.25) is 0 Å². The van der Waals surface area contributed by atoms with Gasteiger partial charge >= 0.3 is 170 Å². The Balaban J connectivity index is 1.62. The zero-order chi connectivity index (χ0) is 19.8. The Labute approximate surface area is 170 Å². The first-order valence-corrected chi connectivity index (χ1v) is 9.56. The first-order valence-electron chi connectivity index (χ1n) is 8.62. The third-order valence-electron chi connectivity index (χ3n) is 4.89. The molecule has 0 heterocycles. The fourth-order valence-corrected chi connectivity index (χ4v) is 4.16. The van der Waals surface area contributed by atoms with Crippen LogP contribution < -0.4 is 4.35 Å². The second-order valence-electron chi connectivity index (χ2n) is 6.52. The Morgan fingerprint density at radius 2 is 1.46 bits per heavy atom. The van der Waals surface area contributed by atoms with Crippen molar-refractivity contribution in [2.24, 2.45) is 0 Å². The molecule has 1 aliphatic carbocycles. The molecule has 5 nitrogen and oxygen atoms in total. The molecular weight excluding hydrogens is 419 g/mol. The average molecular weight is 434 g/mol. The zero-order valence-electron chi connectivity index (χ0n) is 14.6. The molecule has 0 spiro atoms. The van der Waals surface area contributed by atoms with Gasteiger partial charge in [0, 0.05) is 0 Å². The summed E-state index contributed by atoms with van der Waals surface area (Å²) in [7, 11) is 0. The van der Waals surface area contributed by atoms with Crippen LogP contribution in [0.25, 0.3) is 11.1 Å². The SMILES string of the molecule is O=C(O)c1cc([As])cc(C(=O)OCC2c3ccccc3-c3ccccc32)c1O. The van der Waals surface area contributed by atoms with Gasteiger partial charge in [0.25, 0.3) is 0 Å². The van der Waals surface area contributed by atoms with Crippen LogP contribution in [-0.2, 0) is 4.74 Å². The van der Waals surface area contributed by atoms with Crippen molar-refractivity contribution in [2.75, 3.05) is 6.61 Å². The Kier molecular flexibility index (Phi) is 4.70. The average Bonchev–Trinajstić information content (AvgIpc) is 3.01. The first-order chi connectivity index (χ1) is 13.5. The van der Waals surface area contributed by atoms with Gasteiger partial charge in [0.15, 0.2) is 0 Å². The van der Waals surface area contributed by atoms with Crippen molar-refractivity contribution >= 4 is 33.1 Å². The van der Waals surface area contributed by atoms with E-state index in [9.17, 15) is 19.8 Å². The number of hydrogen-bond donors (Lipinski definition) is 2. The molecule has 0 amide bonds. The molecule has 0 saturated carbocycles. The first kappa shape index (κ1) is 18.3. The quantitative estimate of drug-likeness (QED) is 0.488. The van der Waals surface area contributed by atoms with Crippen molar-refractivity contribution in [3.8, 4) is 16.9 Å². The molecular formula is C22H15AsO5. The minimum absolute atomic E-state index is 0.0947. The molecule has 4 rings (SSSR count). The number of phenols is 1. The van der Waals surface area contributed by atoms with Crippen LogP contribution in [0.5, 0.6) is 5.75 Å². The van der Waals surface area contributed by atoms with Gasteiger partial charge in [0.1, 0.15) is 0 Å². The van der Waals surface area contributed by atoms with Gasteiger partial charge in [-0.25, -0.2) is 0 Å². The summed E-state index contributed by atoms with van der Waals surface area (Å²) in [5, 5.41) is 19.4. The summed E-state index contributed by atoms with van der Waals surface area (Å²) in [6.07, 6.45) is 0. The van der Waals surface area contributed by atoms with Gasteiger partial charge in [0.05, 0.1) is 0 Å². The number of esters is 1. The maximum absolute atomic E-state index is 12.6. The van der Waals surface area contributed by atoms with Crippen LogP contribution in [0.2, 0.25) is 0 Å². The molecule has 28 heavy (non-hydrogen) atoms. The number of benzene rings is 3. The molecule has 6 heteroatoms. The molecule has 0 bridgehead atoms. The number of carbonyl (C=O) groups excluding carboxylic acids is 1. The van der Waals surface area contributed by atoms with E-state index < -0.39 is 17.7 Å². The maximum atomic E-state index is 12.6. The molecule has 0 aliphatic heterocycles. The van der Waals surface area contributed by atoms with E-state index in [1.807, 2.05) is 48.5 Å². The normalized spacial score (nSPS) is 12.3. The number of rotatable bonds is 4. The van der Waals surface area contributed by atoms with Crippen LogP contribution in [0.1, 0.15) is 37.8 Å². The van der Waals surface area contributed by atoms with Gasteiger partial charge < -0.3 is 0 Å². The van der Waals surface area contributed by atoms with Gasteiger partial charge in [-0.15, -0.1) is 0 Å². The molecule has 1 aliphatic rings. The van der Waals surface area contributed by atoms with Crippen LogP contribution in [0, 0.1) is 0 Å². The topological polar surface area (TPSA) is 83.8 Å². The molecule has 0 saturated heterocycles. The molecule has 0 fully saturated rings. The Bertz CT molecular complexity index is 1060. The number of aromatic hydroxyl groups is 1.